The fourth-order valence-corrected chi connectivity index (χ4v) is 4.93. The summed E-state index contributed by atoms with van der Waals surface area (Å²) in [6, 6.07) is -2.86. The van der Waals surface area contributed by atoms with Crippen molar-refractivity contribution < 1.29 is 29.1 Å². The molecule has 3 amide bonds. The van der Waals surface area contributed by atoms with Gasteiger partial charge in [-0.05, 0) is 38.0 Å². The third-order valence-corrected chi connectivity index (χ3v) is 6.81. The summed E-state index contributed by atoms with van der Waals surface area (Å²) in [6.45, 7) is 0.578. The molecule has 2 fully saturated rings. The van der Waals surface area contributed by atoms with Crippen LogP contribution in [0.5, 0.6) is 0 Å². The summed E-state index contributed by atoms with van der Waals surface area (Å²) in [5.41, 5.74) is 10.5. The van der Waals surface area contributed by atoms with Gasteiger partial charge in [0.1, 0.15) is 18.4 Å². The second-order valence-electron chi connectivity index (χ2n) is 9.65. The van der Waals surface area contributed by atoms with E-state index in [0.717, 1.165) is 25.7 Å². The molecule has 3 atom stereocenters. The topological polar surface area (TPSA) is 197 Å². The van der Waals surface area contributed by atoms with Gasteiger partial charge in [-0.25, -0.2) is 0 Å². The van der Waals surface area contributed by atoms with Crippen LogP contribution in [0.2, 0.25) is 0 Å². The number of amides is 3. The van der Waals surface area contributed by atoms with E-state index in [9.17, 15) is 29.1 Å². The molecular weight excluding hydrogens is 468 g/mol. The number of guanidine groups is 1. The number of hydrogen-bond donors (Lipinski definition) is 5. The molecule has 1 unspecified atom stereocenters. The lowest BCUT2D eigenvalue weighted by Gasteiger charge is -2.29. The molecule has 202 valence electrons. The molecule has 1 aliphatic heterocycles. The highest BCUT2D eigenvalue weighted by atomic mass is 16.4. The number of nitrogens with zero attached hydrogens (tertiary/aromatic N) is 2. The maximum atomic E-state index is 13.2. The summed E-state index contributed by atoms with van der Waals surface area (Å²) in [5, 5.41) is 14.6. The number of rotatable bonds is 14. The number of carbonyl (C=O) groups excluding carboxylic acids is 4. The maximum Gasteiger partial charge on any atom is 0.305 e. The smallest absolute Gasteiger partial charge is 0.305 e. The lowest BCUT2D eigenvalue weighted by atomic mass is 9.86. The molecule has 0 aromatic carbocycles. The van der Waals surface area contributed by atoms with E-state index in [0.29, 0.717) is 50.9 Å². The Labute approximate surface area is 211 Å². The Bertz CT molecular complexity index is 809. The number of carboxylic acids is 1. The molecule has 1 aliphatic carbocycles. The van der Waals surface area contributed by atoms with Crippen LogP contribution in [0.1, 0.15) is 77.0 Å². The Balaban J connectivity index is 1.95. The van der Waals surface area contributed by atoms with Gasteiger partial charge in [-0.1, -0.05) is 32.1 Å². The SMILES string of the molecule is NC(N)=NCCC[C@@H](C=O)NC(=O)C1CCCN1C(=O)[C@H](CC(=O)O)NC(=O)CCC1CCCCC1. The third kappa shape index (κ3) is 9.82. The van der Waals surface area contributed by atoms with Crippen LogP contribution in [0, 0.1) is 5.92 Å². The Morgan fingerprint density at radius 3 is 2.42 bits per heavy atom. The van der Waals surface area contributed by atoms with E-state index < -0.39 is 42.3 Å². The van der Waals surface area contributed by atoms with Crippen LogP contribution in [-0.2, 0) is 24.0 Å². The number of carbonyl (C=O) groups is 5. The number of hydrogen-bond acceptors (Lipinski definition) is 6. The number of nitrogens with two attached hydrogens (primary N) is 2. The first-order valence-electron chi connectivity index (χ1n) is 12.8. The summed E-state index contributed by atoms with van der Waals surface area (Å²) in [6.07, 6.45) is 8.44. The summed E-state index contributed by atoms with van der Waals surface area (Å²) in [5.74, 6) is -2.24. The second-order valence-corrected chi connectivity index (χ2v) is 9.65. The van der Waals surface area contributed by atoms with Crippen LogP contribution in [0.3, 0.4) is 0 Å². The minimum atomic E-state index is -1.25. The first-order valence-corrected chi connectivity index (χ1v) is 12.8. The fraction of sp³-hybridized carbons (Fsp3) is 0.750. The highest BCUT2D eigenvalue weighted by Crippen LogP contribution is 2.27. The molecule has 12 heteroatoms. The number of aliphatic imine (C=N–C) groups is 1. The lowest BCUT2D eigenvalue weighted by molar-refractivity contribution is -0.146. The third-order valence-electron chi connectivity index (χ3n) is 6.81. The minimum absolute atomic E-state index is 0.0567. The Morgan fingerprint density at radius 2 is 1.78 bits per heavy atom. The summed E-state index contributed by atoms with van der Waals surface area (Å²) in [4.78, 5) is 66.7. The summed E-state index contributed by atoms with van der Waals surface area (Å²) in [7, 11) is 0. The Kier molecular flexibility index (Phi) is 12.1. The van der Waals surface area contributed by atoms with Gasteiger partial charge in [-0.2, -0.15) is 0 Å². The van der Waals surface area contributed by atoms with E-state index in [2.05, 4.69) is 15.6 Å². The van der Waals surface area contributed by atoms with Gasteiger partial charge in [0, 0.05) is 19.5 Å². The lowest BCUT2D eigenvalue weighted by Crippen LogP contribution is -2.55. The van der Waals surface area contributed by atoms with E-state index in [-0.39, 0.29) is 24.8 Å². The van der Waals surface area contributed by atoms with Crippen LogP contribution >= 0.6 is 0 Å². The predicted molar refractivity (Wildman–Crippen MR) is 133 cm³/mol. The monoisotopic (exact) mass is 508 g/mol. The number of nitrogens with one attached hydrogen (secondary N) is 2. The van der Waals surface area contributed by atoms with Crippen LogP contribution < -0.4 is 22.1 Å². The molecule has 1 heterocycles. The number of carboxylic acid groups (broad SMARTS) is 1. The fourth-order valence-electron chi connectivity index (χ4n) is 4.93. The van der Waals surface area contributed by atoms with Crippen LogP contribution in [0.4, 0.5) is 0 Å². The van der Waals surface area contributed by atoms with E-state index in [1.165, 1.54) is 11.3 Å². The molecule has 7 N–H and O–H groups in total. The van der Waals surface area contributed by atoms with Crippen LogP contribution in [0.15, 0.2) is 4.99 Å². The van der Waals surface area contributed by atoms with E-state index in [4.69, 9.17) is 11.5 Å². The average Bonchev–Trinajstić information content (AvgIpc) is 3.34. The number of aliphatic carboxylic acids is 1. The van der Waals surface area contributed by atoms with Crippen molar-refractivity contribution in [3.05, 3.63) is 0 Å². The normalized spacial score (nSPS) is 19.7. The van der Waals surface area contributed by atoms with Gasteiger partial charge in [0.15, 0.2) is 5.96 Å². The van der Waals surface area contributed by atoms with Crippen molar-refractivity contribution in [3.8, 4) is 0 Å². The van der Waals surface area contributed by atoms with Crippen molar-refractivity contribution in [1.29, 1.82) is 0 Å². The Hall–Kier alpha value is -3.18. The molecule has 2 aliphatic rings. The van der Waals surface area contributed by atoms with Crippen molar-refractivity contribution in [2.75, 3.05) is 13.1 Å². The number of aldehydes is 1. The molecule has 0 bridgehead atoms. The highest BCUT2D eigenvalue weighted by molar-refractivity contribution is 5.95. The van der Waals surface area contributed by atoms with Gasteiger partial charge >= 0.3 is 5.97 Å². The van der Waals surface area contributed by atoms with E-state index in [1.807, 2.05) is 0 Å². The molecule has 0 aromatic heterocycles. The molecule has 0 radical (unpaired) electrons. The van der Waals surface area contributed by atoms with Crippen molar-refractivity contribution >= 4 is 35.9 Å². The minimum Gasteiger partial charge on any atom is -0.481 e. The van der Waals surface area contributed by atoms with Crippen LogP contribution in [0.25, 0.3) is 0 Å². The standard InChI is InChI=1S/C24H40N6O6/c25-24(26)27-12-4-8-17(15-31)28-22(35)19-9-5-13-30(19)23(36)18(14-21(33)34)29-20(32)11-10-16-6-2-1-3-7-16/h15-19H,1-14H2,(H,28,35)(H,29,32)(H,33,34)(H4,25,26,27)/t17-,18-,19?/m0/s1. The van der Waals surface area contributed by atoms with Crippen molar-refractivity contribution in [2.45, 2.75) is 95.2 Å². The quantitative estimate of drug-likeness (QED) is 0.0937. The Morgan fingerprint density at radius 1 is 1.06 bits per heavy atom. The first kappa shape index (κ1) is 29.1. The zero-order chi connectivity index (χ0) is 26.5. The van der Waals surface area contributed by atoms with Crippen molar-refractivity contribution in [1.82, 2.24) is 15.5 Å². The molecule has 1 saturated carbocycles. The van der Waals surface area contributed by atoms with Gasteiger partial charge in [0.05, 0.1) is 12.5 Å². The number of likely N-dealkylation sites (tertiary alicyclic amines) is 1. The van der Waals surface area contributed by atoms with E-state index in [1.54, 1.807) is 0 Å². The van der Waals surface area contributed by atoms with Crippen LogP contribution in [-0.4, -0.2) is 77.2 Å². The summed E-state index contributed by atoms with van der Waals surface area (Å²) >= 11 is 0. The van der Waals surface area contributed by atoms with Gasteiger partial charge in [0.25, 0.3) is 0 Å². The molecule has 0 spiro atoms. The molecular formula is C24H40N6O6. The molecule has 1 saturated heterocycles. The highest BCUT2D eigenvalue weighted by Gasteiger charge is 2.38. The van der Waals surface area contributed by atoms with Crippen molar-refractivity contribution in [2.24, 2.45) is 22.4 Å². The first-order chi connectivity index (χ1) is 17.2. The van der Waals surface area contributed by atoms with Crippen molar-refractivity contribution in [3.63, 3.8) is 0 Å². The second kappa shape index (κ2) is 15.0. The average molecular weight is 509 g/mol. The molecule has 36 heavy (non-hydrogen) atoms. The predicted octanol–water partition coefficient (Wildman–Crippen LogP) is 0.0347. The molecule has 0 aromatic rings. The summed E-state index contributed by atoms with van der Waals surface area (Å²) < 4.78 is 0. The van der Waals surface area contributed by atoms with Gasteiger partial charge in [-0.15, -0.1) is 0 Å². The zero-order valence-electron chi connectivity index (χ0n) is 20.8. The maximum absolute atomic E-state index is 13.2. The van der Waals surface area contributed by atoms with E-state index >= 15 is 0 Å². The van der Waals surface area contributed by atoms with Gasteiger partial charge < -0.3 is 36.9 Å². The molecule has 2 rings (SSSR count). The molecule has 12 nitrogen and oxygen atoms in total. The zero-order valence-corrected chi connectivity index (χ0v) is 20.8. The largest absolute Gasteiger partial charge is 0.481 e. The van der Waals surface area contributed by atoms with Gasteiger partial charge in [-0.3, -0.25) is 24.2 Å². The van der Waals surface area contributed by atoms with Gasteiger partial charge in [0.2, 0.25) is 17.7 Å².